The lowest BCUT2D eigenvalue weighted by Crippen LogP contribution is -2.36. The third-order valence-electron chi connectivity index (χ3n) is 2.99. The van der Waals surface area contributed by atoms with Gasteiger partial charge in [0.05, 0.1) is 18.1 Å². The topological polar surface area (TPSA) is 98.5 Å². The quantitative estimate of drug-likeness (QED) is 0.639. The molecule has 112 valence electrons. The number of methoxy groups -OCH3 is 1. The van der Waals surface area contributed by atoms with Crippen molar-refractivity contribution in [2.75, 3.05) is 7.11 Å². The Morgan fingerprint density at radius 1 is 1.30 bits per heavy atom. The molecule has 0 saturated carbocycles. The van der Waals surface area contributed by atoms with E-state index in [0.29, 0.717) is 0 Å². The van der Waals surface area contributed by atoms with Crippen molar-refractivity contribution in [3.8, 4) is 5.75 Å². The fourth-order valence-corrected chi connectivity index (χ4v) is 2.98. The second kappa shape index (κ2) is 6.19. The second-order valence-corrected chi connectivity index (χ2v) is 6.43. The number of benzene rings is 1. The predicted octanol–water partition coefficient (Wildman–Crippen LogP) is 1.93. The molecule has 0 aliphatic rings. The summed E-state index contributed by atoms with van der Waals surface area (Å²) >= 11 is 0. The van der Waals surface area contributed by atoms with Crippen molar-refractivity contribution in [3.05, 3.63) is 28.3 Å². The van der Waals surface area contributed by atoms with Gasteiger partial charge in [0.25, 0.3) is 5.69 Å². The first kappa shape index (κ1) is 16.4. The maximum absolute atomic E-state index is 12.2. The van der Waals surface area contributed by atoms with Crippen molar-refractivity contribution < 1.29 is 18.1 Å². The van der Waals surface area contributed by atoms with Crippen LogP contribution in [-0.4, -0.2) is 26.5 Å². The van der Waals surface area contributed by atoms with Gasteiger partial charge < -0.3 is 4.74 Å². The Kier molecular flexibility index (Phi) is 5.07. The second-order valence-electron chi connectivity index (χ2n) is 4.74. The van der Waals surface area contributed by atoms with E-state index < -0.39 is 20.6 Å². The Bertz CT molecular complexity index is 598. The molecule has 0 fully saturated rings. The van der Waals surface area contributed by atoms with Gasteiger partial charge in [-0.1, -0.05) is 13.8 Å². The summed E-state index contributed by atoms with van der Waals surface area (Å²) in [6.07, 6.45) is 0. The van der Waals surface area contributed by atoms with E-state index in [2.05, 4.69) is 4.72 Å². The average Bonchev–Trinajstić information content (AvgIpc) is 2.37. The SMILES string of the molecule is COc1ccc(S(=O)(=O)NC(C)C(C)C)c([N+](=O)[O-])c1. The zero-order chi connectivity index (χ0) is 15.5. The largest absolute Gasteiger partial charge is 0.497 e. The van der Waals surface area contributed by atoms with Gasteiger partial charge in [0.1, 0.15) is 5.75 Å². The molecule has 0 radical (unpaired) electrons. The highest BCUT2D eigenvalue weighted by Gasteiger charge is 2.28. The highest BCUT2D eigenvalue weighted by Crippen LogP contribution is 2.28. The maximum Gasteiger partial charge on any atom is 0.293 e. The fraction of sp³-hybridized carbons (Fsp3) is 0.500. The molecule has 0 spiro atoms. The molecule has 0 amide bonds. The summed E-state index contributed by atoms with van der Waals surface area (Å²) in [7, 11) is -2.60. The highest BCUT2D eigenvalue weighted by atomic mass is 32.2. The van der Waals surface area contributed by atoms with Crippen LogP contribution in [-0.2, 0) is 10.0 Å². The first-order chi connectivity index (χ1) is 9.19. The van der Waals surface area contributed by atoms with E-state index in [9.17, 15) is 18.5 Å². The average molecular weight is 302 g/mol. The summed E-state index contributed by atoms with van der Waals surface area (Å²) in [5.74, 6) is 0.301. The van der Waals surface area contributed by atoms with E-state index >= 15 is 0 Å². The smallest absolute Gasteiger partial charge is 0.293 e. The first-order valence-corrected chi connectivity index (χ1v) is 7.52. The van der Waals surface area contributed by atoms with Crippen molar-refractivity contribution >= 4 is 15.7 Å². The summed E-state index contributed by atoms with van der Waals surface area (Å²) in [6.45, 7) is 5.42. The van der Waals surface area contributed by atoms with E-state index in [-0.39, 0.29) is 22.6 Å². The molecule has 1 aromatic rings. The number of hydrogen-bond acceptors (Lipinski definition) is 5. The molecule has 1 N–H and O–H groups in total. The molecule has 1 rings (SSSR count). The van der Waals surface area contributed by atoms with Gasteiger partial charge in [-0.25, -0.2) is 13.1 Å². The minimum Gasteiger partial charge on any atom is -0.497 e. The summed E-state index contributed by atoms with van der Waals surface area (Å²) in [5.41, 5.74) is -0.507. The molecule has 0 aliphatic heterocycles. The number of rotatable bonds is 6. The molecule has 0 heterocycles. The van der Waals surface area contributed by atoms with E-state index in [1.54, 1.807) is 6.92 Å². The Labute approximate surface area is 118 Å². The number of hydrogen-bond donors (Lipinski definition) is 1. The molecule has 1 unspecified atom stereocenters. The molecule has 1 aromatic carbocycles. The van der Waals surface area contributed by atoms with Crippen LogP contribution in [0.4, 0.5) is 5.69 Å². The minimum atomic E-state index is -3.95. The molecule has 1 atom stereocenters. The maximum atomic E-state index is 12.2. The summed E-state index contributed by atoms with van der Waals surface area (Å²) in [5, 5.41) is 11.0. The van der Waals surface area contributed by atoms with Crippen LogP contribution < -0.4 is 9.46 Å². The number of nitro benzene ring substituents is 1. The molecule has 20 heavy (non-hydrogen) atoms. The standard InChI is InChI=1S/C12H18N2O5S/c1-8(2)9(3)13-20(17,18)12-6-5-10(19-4)7-11(12)14(15)16/h5-9,13H,1-4H3. The van der Waals surface area contributed by atoms with Crippen LogP contribution in [0.25, 0.3) is 0 Å². The Balaban J connectivity index is 3.27. The van der Waals surface area contributed by atoms with Crippen molar-refractivity contribution in [3.63, 3.8) is 0 Å². The van der Waals surface area contributed by atoms with E-state index in [0.717, 1.165) is 6.07 Å². The number of nitrogens with one attached hydrogen (secondary N) is 1. The van der Waals surface area contributed by atoms with Gasteiger partial charge >= 0.3 is 0 Å². The normalized spacial score (nSPS) is 13.2. The fourth-order valence-electron chi connectivity index (χ4n) is 1.44. The zero-order valence-electron chi connectivity index (χ0n) is 11.8. The minimum absolute atomic E-state index is 0.0714. The summed E-state index contributed by atoms with van der Waals surface area (Å²) < 4.78 is 31.7. The molecular weight excluding hydrogens is 284 g/mol. The van der Waals surface area contributed by atoms with Gasteiger partial charge in [0.15, 0.2) is 4.90 Å². The third-order valence-corrected chi connectivity index (χ3v) is 4.60. The third kappa shape index (κ3) is 3.67. The summed E-state index contributed by atoms with van der Waals surface area (Å²) in [6, 6.07) is 3.31. The molecule has 7 nitrogen and oxygen atoms in total. The number of ether oxygens (including phenoxy) is 1. The lowest BCUT2D eigenvalue weighted by atomic mass is 10.1. The lowest BCUT2D eigenvalue weighted by molar-refractivity contribution is -0.387. The van der Waals surface area contributed by atoms with Crippen LogP contribution in [0.5, 0.6) is 5.75 Å². The number of nitrogens with zero attached hydrogens (tertiary/aromatic N) is 1. The number of nitro groups is 1. The Morgan fingerprint density at radius 3 is 2.35 bits per heavy atom. The van der Waals surface area contributed by atoms with Crippen molar-refractivity contribution in [1.29, 1.82) is 0 Å². The predicted molar refractivity (Wildman–Crippen MR) is 74.3 cm³/mol. The highest BCUT2D eigenvalue weighted by molar-refractivity contribution is 7.89. The van der Waals surface area contributed by atoms with E-state index in [4.69, 9.17) is 4.74 Å². The van der Waals surface area contributed by atoms with Gasteiger partial charge in [-0.05, 0) is 25.0 Å². The van der Waals surface area contributed by atoms with Crippen LogP contribution in [0.3, 0.4) is 0 Å². The molecule has 0 aliphatic carbocycles. The lowest BCUT2D eigenvalue weighted by Gasteiger charge is -2.17. The number of sulfonamides is 1. The van der Waals surface area contributed by atoms with Gasteiger partial charge in [0, 0.05) is 6.04 Å². The van der Waals surface area contributed by atoms with E-state index in [1.165, 1.54) is 19.2 Å². The van der Waals surface area contributed by atoms with Gasteiger partial charge in [0.2, 0.25) is 10.0 Å². The summed E-state index contributed by atoms with van der Waals surface area (Å²) in [4.78, 5) is 9.91. The first-order valence-electron chi connectivity index (χ1n) is 6.03. The van der Waals surface area contributed by atoms with Gasteiger partial charge in [-0.15, -0.1) is 0 Å². The molecule has 8 heteroatoms. The molecule has 0 saturated heterocycles. The van der Waals surface area contributed by atoms with Crippen molar-refractivity contribution in [1.82, 2.24) is 4.72 Å². The van der Waals surface area contributed by atoms with Crippen LogP contribution in [0.15, 0.2) is 23.1 Å². The van der Waals surface area contributed by atoms with Crippen LogP contribution in [0.2, 0.25) is 0 Å². The Morgan fingerprint density at radius 2 is 1.90 bits per heavy atom. The monoisotopic (exact) mass is 302 g/mol. The van der Waals surface area contributed by atoms with Crippen molar-refractivity contribution in [2.24, 2.45) is 5.92 Å². The molecule has 0 aromatic heterocycles. The van der Waals surface area contributed by atoms with Gasteiger partial charge in [-0.2, -0.15) is 0 Å². The van der Waals surface area contributed by atoms with Crippen LogP contribution in [0, 0.1) is 16.0 Å². The molecule has 0 bridgehead atoms. The van der Waals surface area contributed by atoms with Crippen molar-refractivity contribution in [2.45, 2.75) is 31.7 Å². The van der Waals surface area contributed by atoms with E-state index in [1.807, 2.05) is 13.8 Å². The Hall–Kier alpha value is -1.67. The zero-order valence-corrected chi connectivity index (χ0v) is 12.6. The molecular formula is C12H18N2O5S. The van der Waals surface area contributed by atoms with Gasteiger partial charge in [-0.3, -0.25) is 10.1 Å². The van der Waals surface area contributed by atoms with Crippen LogP contribution >= 0.6 is 0 Å². The van der Waals surface area contributed by atoms with Crippen LogP contribution in [0.1, 0.15) is 20.8 Å².